The highest BCUT2D eigenvalue weighted by atomic mass is 16.5. The molecule has 0 fully saturated rings. The molecular formula is C14H14N6O2. The lowest BCUT2D eigenvalue weighted by atomic mass is 10.3. The molecule has 0 saturated carbocycles. The first-order valence-corrected chi connectivity index (χ1v) is 6.67. The summed E-state index contributed by atoms with van der Waals surface area (Å²) in [7, 11) is 0. The summed E-state index contributed by atoms with van der Waals surface area (Å²) < 4.78 is 5.08. The van der Waals surface area contributed by atoms with E-state index in [2.05, 4.69) is 30.4 Å². The van der Waals surface area contributed by atoms with Crippen LogP contribution in [0.5, 0.6) is 0 Å². The molecule has 3 aromatic heterocycles. The van der Waals surface area contributed by atoms with Crippen LogP contribution in [0.25, 0.3) is 11.5 Å². The summed E-state index contributed by atoms with van der Waals surface area (Å²) in [5.74, 6) is 2.26. The molecule has 0 unspecified atom stereocenters. The summed E-state index contributed by atoms with van der Waals surface area (Å²) in [5, 5.41) is 6.84. The average Bonchev–Trinajstić information content (AvgIpc) is 2.91. The lowest BCUT2D eigenvalue weighted by Gasteiger charge is -2.05. The van der Waals surface area contributed by atoms with Gasteiger partial charge in [-0.25, -0.2) is 9.97 Å². The molecule has 0 aromatic carbocycles. The first kappa shape index (κ1) is 13.9. The van der Waals surface area contributed by atoms with Crippen molar-refractivity contribution in [3.63, 3.8) is 0 Å². The van der Waals surface area contributed by atoms with Crippen LogP contribution < -0.4 is 10.9 Å². The molecule has 0 aliphatic rings. The Morgan fingerprint density at radius 3 is 2.77 bits per heavy atom. The van der Waals surface area contributed by atoms with Gasteiger partial charge in [0.05, 0.1) is 17.8 Å². The van der Waals surface area contributed by atoms with Gasteiger partial charge in [0.15, 0.2) is 5.82 Å². The van der Waals surface area contributed by atoms with E-state index in [1.54, 1.807) is 26.1 Å². The van der Waals surface area contributed by atoms with E-state index in [1.165, 1.54) is 6.07 Å². The predicted octanol–water partition coefficient (Wildman–Crippen LogP) is 1.44. The van der Waals surface area contributed by atoms with Gasteiger partial charge in [-0.2, -0.15) is 4.98 Å². The van der Waals surface area contributed by atoms with Crippen molar-refractivity contribution in [2.24, 2.45) is 0 Å². The number of nitrogens with one attached hydrogen (secondary N) is 2. The molecule has 0 spiro atoms. The van der Waals surface area contributed by atoms with Crippen LogP contribution in [0.2, 0.25) is 0 Å². The van der Waals surface area contributed by atoms with Crippen LogP contribution >= 0.6 is 0 Å². The van der Waals surface area contributed by atoms with Crippen molar-refractivity contribution in [1.29, 1.82) is 0 Å². The van der Waals surface area contributed by atoms with Crippen molar-refractivity contribution in [3.05, 3.63) is 52.1 Å². The number of aromatic nitrogens is 5. The minimum absolute atomic E-state index is 0.167. The van der Waals surface area contributed by atoms with Crippen molar-refractivity contribution in [1.82, 2.24) is 25.1 Å². The topological polar surface area (TPSA) is 110 Å². The van der Waals surface area contributed by atoms with Crippen LogP contribution in [0, 0.1) is 13.8 Å². The Hall–Kier alpha value is -3.03. The summed E-state index contributed by atoms with van der Waals surface area (Å²) >= 11 is 0. The van der Waals surface area contributed by atoms with E-state index >= 15 is 0 Å². The Morgan fingerprint density at radius 1 is 1.27 bits per heavy atom. The maximum Gasteiger partial charge on any atom is 0.259 e. The SMILES string of the molecule is Cc1noc(-c2ccc(NCc3cc(=O)[nH]c(C)n3)nc2)n1. The minimum Gasteiger partial charge on any atom is -0.364 e. The van der Waals surface area contributed by atoms with Crippen LogP contribution in [0.1, 0.15) is 17.3 Å². The molecule has 0 aliphatic heterocycles. The summed E-state index contributed by atoms with van der Waals surface area (Å²) in [5.41, 5.74) is 1.23. The van der Waals surface area contributed by atoms with E-state index in [9.17, 15) is 4.79 Å². The van der Waals surface area contributed by atoms with Crippen molar-refractivity contribution >= 4 is 5.82 Å². The lowest BCUT2D eigenvalue weighted by molar-refractivity contribution is 0.425. The zero-order valence-electron chi connectivity index (χ0n) is 12.1. The van der Waals surface area contributed by atoms with Crippen LogP contribution in [0.15, 0.2) is 33.7 Å². The largest absolute Gasteiger partial charge is 0.364 e. The Morgan fingerprint density at radius 2 is 2.14 bits per heavy atom. The van der Waals surface area contributed by atoms with Crippen LogP contribution in [-0.4, -0.2) is 25.1 Å². The van der Waals surface area contributed by atoms with Crippen molar-refractivity contribution in [3.8, 4) is 11.5 Å². The highest BCUT2D eigenvalue weighted by Crippen LogP contribution is 2.17. The van der Waals surface area contributed by atoms with E-state index < -0.39 is 0 Å². The van der Waals surface area contributed by atoms with Crippen LogP contribution in [0.4, 0.5) is 5.82 Å². The molecule has 0 bridgehead atoms. The van der Waals surface area contributed by atoms with Crippen LogP contribution in [0.3, 0.4) is 0 Å². The number of hydrogen-bond acceptors (Lipinski definition) is 7. The van der Waals surface area contributed by atoms with E-state index in [0.29, 0.717) is 35.6 Å². The fourth-order valence-electron chi connectivity index (χ4n) is 1.95. The molecule has 2 N–H and O–H groups in total. The molecule has 8 heteroatoms. The fourth-order valence-corrected chi connectivity index (χ4v) is 1.95. The number of anilines is 1. The minimum atomic E-state index is -0.167. The summed E-state index contributed by atoms with van der Waals surface area (Å²) in [6.07, 6.45) is 1.64. The van der Waals surface area contributed by atoms with E-state index in [0.717, 1.165) is 5.56 Å². The molecule has 0 aliphatic carbocycles. The smallest absolute Gasteiger partial charge is 0.259 e. The Labute approximate surface area is 125 Å². The van der Waals surface area contributed by atoms with Gasteiger partial charge in [0.1, 0.15) is 11.6 Å². The zero-order valence-corrected chi connectivity index (χ0v) is 12.1. The molecular weight excluding hydrogens is 284 g/mol. The number of nitrogens with zero attached hydrogens (tertiary/aromatic N) is 4. The molecule has 3 rings (SSSR count). The highest BCUT2D eigenvalue weighted by molar-refractivity contribution is 5.54. The van der Waals surface area contributed by atoms with Gasteiger partial charge in [0, 0.05) is 12.3 Å². The average molecular weight is 298 g/mol. The Balaban J connectivity index is 1.70. The first-order valence-electron chi connectivity index (χ1n) is 6.67. The van der Waals surface area contributed by atoms with Crippen molar-refractivity contribution < 1.29 is 4.52 Å². The number of H-pyrrole nitrogens is 1. The standard InChI is InChI=1S/C14H14N6O2/c1-8-17-11(5-13(21)18-8)7-16-12-4-3-10(6-15-12)14-19-9(2)20-22-14/h3-6H,7H2,1-2H3,(H,15,16)(H,17,18,21). The van der Waals surface area contributed by atoms with Gasteiger partial charge in [-0.1, -0.05) is 5.16 Å². The third kappa shape index (κ3) is 3.17. The van der Waals surface area contributed by atoms with Crippen LogP contribution in [-0.2, 0) is 6.54 Å². The van der Waals surface area contributed by atoms with Crippen molar-refractivity contribution in [2.45, 2.75) is 20.4 Å². The van der Waals surface area contributed by atoms with Gasteiger partial charge in [-0.15, -0.1) is 0 Å². The molecule has 0 amide bonds. The normalized spacial score (nSPS) is 10.6. The summed E-state index contributed by atoms with van der Waals surface area (Å²) in [6.45, 7) is 3.91. The Kier molecular flexibility index (Phi) is 3.65. The van der Waals surface area contributed by atoms with Crippen molar-refractivity contribution in [2.75, 3.05) is 5.32 Å². The first-order chi connectivity index (χ1) is 10.6. The monoisotopic (exact) mass is 298 g/mol. The second kappa shape index (κ2) is 5.76. The fraction of sp³-hybridized carbons (Fsp3) is 0.214. The third-order valence-corrected chi connectivity index (χ3v) is 2.90. The van der Waals surface area contributed by atoms with Gasteiger partial charge < -0.3 is 14.8 Å². The molecule has 8 nitrogen and oxygen atoms in total. The molecule has 112 valence electrons. The maximum atomic E-state index is 11.4. The Bertz CT molecular complexity index is 837. The van der Waals surface area contributed by atoms with Gasteiger partial charge in [0.25, 0.3) is 11.4 Å². The van der Waals surface area contributed by atoms with Gasteiger partial charge in [-0.3, -0.25) is 4.79 Å². The molecule has 22 heavy (non-hydrogen) atoms. The predicted molar refractivity (Wildman–Crippen MR) is 79.2 cm³/mol. The molecule has 0 atom stereocenters. The number of pyridine rings is 1. The number of hydrogen-bond donors (Lipinski definition) is 2. The molecule has 0 saturated heterocycles. The summed E-state index contributed by atoms with van der Waals surface area (Å²) in [4.78, 5) is 26.6. The highest BCUT2D eigenvalue weighted by Gasteiger charge is 2.06. The number of aryl methyl sites for hydroxylation is 2. The maximum absolute atomic E-state index is 11.4. The number of rotatable bonds is 4. The summed E-state index contributed by atoms with van der Waals surface area (Å²) in [6, 6.07) is 5.09. The lowest BCUT2D eigenvalue weighted by Crippen LogP contribution is -2.13. The third-order valence-electron chi connectivity index (χ3n) is 2.90. The second-order valence-electron chi connectivity index (χ2n) is 4.75. The van der Waals surface area contributed by atoms with E-state index in [4.69, 9.17) is 4.52 Å². The van der Waals surface area contributed by atoms with Gasteiger partial charge >= 0.3 is 0 Å². The van der Waals surface area contributed by atoms with E-state index in [-0.39, 0.29) is 5.56 Å². The van der Waals surface area contributed by atoms with Gasteiger partial charge in [-0.05, 0) is 26.0 Å². The van der Waals surface area contributed by atoms with Gasteiger partial charge in [0.2, 0.25) is 0 Å². The van der Waals surface area contributed by atoms with E-state index in [1.807, 2.05) is 6.07 Å². The molecule has 0 radical (unpaired) electrons. The molecule has 3 heterocycles. The zero-order chi connectivity index (χ0) is 15.5. The molecule has 3 aromatic rings. The number of aromatic amines is 1. The second-order valence-corrected chi connectivity index (χ2v) is 4.75. The quantitative estimate of drug-likeness (QED) is 0.750.